The maximum Gasteiger partial charge on any atom is 0.304 e. The lowest BCUT2D eigenvalue weighted by Gasteiger charge is -2.02. The standard InChI is InChI=1S/C11H13NO3/c13-8-10-3-1-9(2-4-10)7-12-6-5-11(14)15/h1-4,8,12H,5-7H2,(H,14,15). The molecular formula is C11H13NO3. The molecule has 2 N–H and O–H groups in total. The van der Waals surface area contributed by atoms with Crippen molar-refractivity contribution in [2.75, 3.05) is 6.54 Å². The molecule has 0 aliphatic heterocycles. The van der Waals surface area contributed by atoms with Crippen molar-refractivity contribution in [2.24, 2.45) is 0 Å². The van der Waals surface area contributed by atoms with Crippen LogP contribution >= 0.6 is 0 Å². The molecule has 80 valence electrons. The number of carboxylic acid groups (broad SMARTS) is 1. The highest BCUT2D eigenvalue weighted by molar-refractivity contribution is 5.74. The highest BCUT2D eigenvalue weighted by atomic mass is 16.4. The van der Waals surface area contributed by atoms with Gasteiger partial charge in [0.25, 0.3) is 0 Å². The van der Waals surface area contributed by atoms with Crippen molar-refractivity contribution in [1.82, 2.24) is 5.32 Å². The van der Waals surface area contributed by atoms with E-state index in [2.05, 4.69) is 5.32 Å². The minimum atomic E-state index is -0.807. The molecule has 1 aromatic rings. The molecule has 0 saturated carbocycles. The van der Waals surface area contributed by atoms with Gasteiger partial charge in [0.05, 0.1) is 6.42 Å². The van der Waals surface area contributed by atoms with Crippen molar-refractivity contribution in [1.29, 1.82) is 0 Å². The molecule has 0 atom stereocenters. The van der Waals surface area contributed by atoms with E-state index < -0.39 is 5.97 Å². The molecule has 0 radical (unpaired) electrons. The van der Waals surface area contributed by atoms with E-state index in [1.165, 1.54) is 0 Å². The first-order valence-corrected chi connectivity index (χ1v) is 4.69. The van der Waals surface area contributed by atoms with E-state index in [0.29, 0.717) is 18.7 Å². The highest BCUT2D eigenvalue weighted by Gasteiger charge is 1.96. The topological polar surface area (TPSA) is 66.4 Å². The van der Waals surface area contributed by atoms with Crippen LogP contribution in [0.4, 0.5) is 0 Å². The van der Waals surface area contributed by atoms with Crippen LogP contribution in [0.1, 0.15) is 22.3 Å². The predicted molar refractivity (Wildman–Crippen MR) is 55.8 cm³/mol. The Balaban J connectivity index is 2.31. The molecule has 0 saturated heterocycles. The Morgan fingerprint density at radius 1 is 1.33 bits per heavy atom. The Hall–Kier alpha value is -1.68. The third kappa shape index (κ3) is 4.37. The Labute approximate surface area is 87.9 Å². The smallest absolute Gasteiger partial charge is 0.304 e. The Bertz CT molecular complexity index is 332. The average Bonchev–Trinajstić information content (AvgIpc) is 2.25. The molecule has 0 aromatic heterocycles. The highest BCUT2D eigenvalue weighted by Crippen LogP contribution is 2.01. The van der Waals surface area contributed by atoms with Gasteiger partial charge in [0.1, 0.15) is 6.29 Å². The summed E-state index contributed by atoms with van der Waals surface area (Å²) in [5.41, 5.74) is 1.68. The SMILES string of the molecule is O=Cc1ccc(CNCCC(=O)O)cc1. The zero-order valence-electron chi connectivity index (χ0n) is 8.27. The second kappa shape index (κ2) is 5.93. The normalized spacial score (nSPS) is 9.87. The Kier molecular flexibility index (Phi) is 4.50. The number of hydrogen-bond donors (Lipinski definition) is 2. The third-order valence-corrected chi connectivity index (χ3v) is 1.96. The van der Waals surface area contributed by atoms with Gasteiger partial charge in [-0.25, -0.2) is 0 Å². The van der Waals surface area contributed by atoms with E-state index in [9.17, 15) is 9.59 Å². The first-order chi connectivity index (χ1) is 7.22. The summed E-state index contributed by atoms with van der Waals surface area (Å²) in [6.07, 6.45) is 0.911. The summed E-state index contributed by atoms with van der Waals surface area (Å²) in [6.45, 7) is 1.07. The zero-order chi connectivity index (χ0) is 11.1. The fourth-order valence-electron chi connectivity index (χ4n) is 1.14. The summed E-state index contributed by atoms with van der Waals surface area (Å²) in [5.74, 6) is -0.807. The third-order valence-electron chi connectivity index (χ3n) is 1.96. The second-order valence-corrected chi connectivity index (χ2v) is 3.18. The number of aliphatic carboxylic acids is 1. The maximum absolute atomic E-state index is 10.4. The number of rotatable bonds is 6. The lowest BCUT2D eigenvalue weighted by atomic mass is 10.1. The van der Waals surface area contributed by atoms with Gasteiger partial charge in [-0.15, -0.1) is 0 Å². The summed E-state index contributed by atoms with van der Waals surface area (Å²) >= 11 is 0. The molecule has 0 bridgehead atoms. The molecular weight excluding hydrogens is 194 g/mol. The monoisotopic (exact) mass is 207 g/mol. The quantitative estimate of drug-likeness (QED) is 0.540. The van der Waals surface area contributed by atoms with Gasteiger partial charge in [-0.3, -0.25) is 9.59 Å². The van der Waals surface area contributed by atoms with Crippen molar-refractivity contribution >= 4 is 12.3 Å². The summed E-state index contributed by atoms with van der Waals surface area (Å²) in [6, 6.07) is 7.16. The lowest BCUT2D eigenvalue weighted by Crippen LogP contribution is -2.17. The van der Waals surface area contributed by atoms with Gasteiger partial charge >= 0.3 is 5.97 Å². The first-order valence-electron chi connectivity index (χ1n) is 4.69. The van der Waals surface area contributed by atoms with Gasteiger partial charge in [0.15, 0.2) is 0 Å². The van der Waals surface area contributed by atoms with E-state index in [4.69, 9.17) is 5.11 Å². The molecule has 0 heterocycles. The largest absolute Gasteiger partial charge is 0.481 e. The molecule has 0 unspecified atom stereocenters. The zero-order valence-corrected chi connectivity index (χ0v) is 8.27. The molecule has 1 aromatic carbocycles. The van der Waals surface area contributed by atoms with Crippen LogP contribution in [-0.4, -0.2) is 23.9 Å². The molecule has 4 heteroatoms. The fraction of sp³-hybridized carbons (Fsp3) is 0.273. The molecule has 4 nitrogen and oxygen atoms in total. The molecule has 0 fully saturated rings. The minimum absolute atomic E-state index is 0.117. The van der Waals surface area contributed by atoms with Crippen molar-refractivity contribution < 1.29 is 14.7 Å². The first kappa shape index (κ1) is 11.4. The molecule has 1 rings (SSSR count). The summed E-state index contributed by atoms with van der Waals surface area (Å²) in [4.78, 5) is 20.6. The number of carbonyl (C=O) groups excluding carboxylic acids is 1. The summed E-state index contributed by atoms with van der Waals surface area (Å²) < 4.78 is 0. The van der Waals surface area contributed by atoms with Gasteiger partial charge in [0, 0.05) is 18.7 Å². The van der Waals surface area contributed by atoms with Gasteiger partial charge in [-0.2, -0.15) is 0 Å². The van der Waals surface area contributed by atoms with Crippen molar-refractivity contribution in [3.8, 4) is 0 Å². The number of aldehydes is 1. The molecule has 0 spiro atoms. The number of nitrogens with one attached hydrogen (secondary N) is 1. The van der Waals surface area contributed by atoms with Gasteiger partial charge in [-0.05, 0) is 5.56 Å². The minimum Gasteiger partial charge on any atom is -0.481 e. The fourth-order valence-corrected chi connectivity index (χ4v) is 1.14. The van der Waals surface area contributed by atoms with Crippen LogP contribution in [0.3, 0.4) is 0 Å². The van der Waals surface area contributed by atoms with Crippen molar-refractivity contribution in [2.45, 2.75) is 13.0 Å². The van der Waals surface area contributed by atoms with E-state index >= 15 is 0 Å². The van der Waals surface area contributed by atoms with E-state index in [0.717, 1.165) is 11.8 Å². The Morgan fingerprint density at radius 2 is 2.00 bits per heavy atom. The van der Waals surface area contributed by atoms with Crippen LogP contribution in [0.15, 0.2) is 24.3 Å². The van der Waals surface area contributed by atoms with E-state index in [1.54, 1.807) is 12.1 Å². The number of carbonyl (C=O) groups is 2. The van der Waals surface area contributed by atoms with Crippen LogP contribution < -0.4 is 5.32 Å². The summed E-state index contributed by atoms with van der Waals surface area (Å²) in [5, 5.41) is 11.4. The van der Waals surface area contributed by atoms with Crippen LogP contribution in [-0.2, 0) is 11.3 Å². The van der Waals surface area contributed by atoms with Gasteiger partial charge < -0.3 is 10.4 Å². The van der Waals surface area contributed by atoms with E-state index in [1.807, 2.05) is 12.1 Å². The number of benzene rings is 1. The average molecular weight is 207 g/mol. The van der Waals surface area contributed by atoms with Gasteiger partial charge in [0.2, 0.25) is 0 Å². The van der Waals surface area contributed by atoms with Crippen molar-refractivity contribution in [3.63, 3.8) is 0 Å². The van der Waals surface area contributed by atoms with Crippen molar-refractivity contribution in [3.05, 3.63) is 35.4 Å². The summed E-state index contributed by atoms with van der Waals surface area (Å²) in [7, 11) is 0. The molecule has 0 amide bonds. The predicted octanol–water partition coefficient (Wildman–Crippen LogP) is 1.06. The number of carboxylic acids is 1. The number of hydrogen-bond acceptors (Lipinski definition) is 3. The van der Waals surface area contributed by atoms with Crippen LogP contribution in [0.25, 0.3) is 0 Å². The van der Waals surface area contributed by atoms with Crippen LogP contribution in [0, 0.1) is 0 Å². The van der Waals surface area contributed by atoms with Gasteiger partial charge in [-0.1, -0.05) is 24.3 Å². The molecule has 0 aliphatic rings. The van der Waals surface area contributed by atoms with E-state index in [-0.39, 0.29) is 6.42 Å². The Morgan fingerprint density at radius 3 is 2.53 bits per heavy atom. The maximum atomic E-state index is 10.4. The second-order valence-electron chi connectivity index (χ2n) is 3.18. The van der Waals surface area contributed by atoms with Crippen LogP contribution in [0.2, 0.25) is 0 Å². The lowest BCUT2D eigenvalue weighted by molar-refractivity contribution is -0.136. The molecule has 0 aliphatic carbocycles. The van der Waals surface area contributed by atoms with Crippen LogP contribution in [0.5, 0.6) is 0 Å². The molecule has 15 heavy (non-hydrogen) atoms.